The second-order valence-corrected chi connectivity index (χ2v) is 6.66. The minimum Gasteiger partial charge on any atom is -0.334 e. The lowest BCUT2D eigenvalue weighted by Crippen LogP contribution is -2.12. The van der Waals surface area contributed by atoms with Crippen molar-refractivity contribution in [2.24, 2.45) is 10.9 Å². The van der Waals surface area contributed by atoms with Crippen molar-refractivity contribution in [1.82, 2.24) is 0 Å². The first-order valence-corrected chi connectivity index (χ1v) is 7.71. The molecule has 98 valence electrons. The van der Waals surface area contributed by atoms with Crippen LogP contribution in [0.2, 0.25) is 15.1 Å². The quantitative estimate of drug-likeness (QED) is 0.758. The Kier molecular flexibility index (Phi) is 4.70. The first kappa shape index (κ1) is 14.3. The van der Waals surface area contributed by atoms with Crippen molar-refractivity contribution in [2.45, 2.75) is 19.9 Å². The predicted molar refractivity (Wildman–Crippen MR) is 83.6 cm³/mol. The topological polar surface area (TPSA) is 24.4 Å². The Morgan fingerprint density at radius 3 is 2.50 bits per heavy atom. The fraction of sp³-hybridized carbons (Fsp3) is 0.417. The van der Waals surface area contributed by atoms with E-state index in [-0.39, 0.29) is 0 Å². The van der Waals surface area contributed by atoms with Gasteiger partial charge in [0.1, 0.15) is 0 Å². The van der Waals surface area contributed by atoms with Crippen molar-refractivity contribution in [2.75, 3.05) is 11.1 Å². The Hall–Kier alpha value is -0.0900. The summed E-state index contributed by atoms with van der Waals surface area (Å²) in [7, 11) is 0. The summed E-state index contributed by atoms with van der Waals surface area (Å²) in [5, 5.41) is 5.56. The van der Waals surface area contributed by atoms with Crippen LogP contribution in [0.1, 0.15) is 13.8 Å². The lowest BCUT2D eigenvalue weighted by Gasteiger charge is -2.09. The van der Waals surface area contributed by atoms with Crippen LogP contribution in [-0.4, -0.2) is 17.0 Å². The van der Waals surface area contributed by atoms with Gasteiger partial charge in [-0.05, 0) is 18.1 Å². The Morgan fingerprint density at radius 1 is 1.22 bits per heavy atom. The Labute approximate surface area is 126 Å². The molecule has 1 aliphatic rings. The van der Waals surface area contributed by atoms with Gasteiger partial charge in [-0.2, -0.15) is 0 Å². The van der Waals surface area contributed by atoms with E-state index in [1.807, 2.05) is 0 Å². The molecule has 0 fully saturated rings. The molecule has 0 bridgehead atoms. The molecule has 1 N–H and O–H groups in total. The van der Waals surface area contributed by atoms with E-state index in [2.05, 4.69) is 24.2 Å². The highest BCUT2D eigenvalue weighted by atomic mass is 35.5. The molecule has 0 saturated heterocycles. The third-order valence-electron chi connectivity index (χ3n) is 2.70. The van der Waals surface area contributed by atoms with E-state index in [0.717, 1.165) is 16.6 Å². The molecular formula is C12H13Cl3N2S. The molecule has 2 nitrogen and oxygen atoms in total. The number of aliphatic imine (C=N–C) groups is 1. The molecule has 1 aromatic rings. The number of nitrogens with one attached hydrogen (secondary N) is 1. The van der Waals surface area contributed by atoms with Gasteiger partial charge in [0.05, 0.1) is 26.8 Å². The highest BCUT2D eigenvalue weighted by Crippen LogP contribution is 2.33. The first-order chi connectivity index (χ1) is 8.47. The van der Waals surface area contributed by atoms with E-state index in [1.54, 1.807) is 23.9 Å². The number of hydrogen-bond acceptors (Lipinski definition) is 3. The van der Waals surface area contributed by atoms with Gasteiger partial charge in [-0.25, -0.2) is 0 Å². The number of halogens is 3. The number of rotatable bonds is 2. The van der Waals surface area contributed by atoms with Gasteiger partial charge in [-0.15, -0.1) is 0 Å². The highest BCUT2D eigenvalue weighted by Gasteiger charge is 2.21. The molecule has 1 aliphatic heterocycles. The van der Waals surface area contributed by atoms with Crippen LogP contribution in [0, 0.1) is 5.92 Å². The Balaban J connectivity index is 2.16. The maximum Gasteiger partial charge on any atom is 0.161 e. The number of amidine groups is 1. The summed E-state index contributed by atoms with van der Waals surface area (Å²) in [6.45, 7) is 4.34. The van der Waals surface area contributed by atoms with Gasteiger partial charge < -0.3 is 5.32 Å². The Morgan fingerprint density at radius 2 is 1.89 bits per heavy atom. The van der Waals surface area contributed by atoms with Crippen LogP contribution in [0.15, 0.2) is 17.1 Å². The molecule has 1 aromatic carbocycles. The number of anilines is 1. The maximum absolute atomic E-state index is 6.11. The van der Waals surface area contributed by atoms with E-state index < -0.39 is 0 Å². The van der Waals surface area contributed by atoms with E-state index in [0.29, 0.717) is 27.0 Å². The molecule has 0 aromatic heterocycles. The van der Waals surface area contributed by atoms with Crippen LogP contribution in [-0.2, 0) is 0 Å². The average molecular weight is 324 g/mol. The maximum atomic E-state index is 6.11. The lowest BCUT2D eigenvalue weighted by molar-refractivity contribution is 0.543. The Bertz CT molecular complexity index is 488. The fourth-order valence-electron chi connectivity index (χ4n) is 1.53. The van der Waals surface area contributed by atoms with E-state index in [1.165, 1.54) is 0 Å². The van der Waals surface area contributed by atoms with Crippen LogP contribution in [0.5, 0.6) is 0 Å². The summed E-state index contributed by atoms with van der Waals surface area (Å²) in [5.74, 6) is 1.54. The first-order valence-electron chi connectivity index (χ1n) is 5.59. The van der Waals surface area contributed by atoms with Crippen LogP contribution < -0.4 is 5.32 Å². The van der Waals surface area contributed by atoms with Crippen molar-refractivity contribution >= 4 is 57.4 Å². The van der Waals surface area contributed by atoms with Crippen molar-refractivity contribution in [1.29, 1.82) is 0 Å². The minimum atomic E-state index is 0.360. The van der Waals surface area contributed by atoms with Crippen molar-refractivity contribution < 1.29 is 0 Å². The number of benzene rings is 1. The molecule has 0 amide bonds. The van der Waals surface area contributed by atoms with Crippen molar-refractivity contribution in [3.63, 3.8) is 0 Å². The van der Waals surface area contributed by atoms with E-state index in [4.69, 9.17) is 34.8 Å². The zero-order valence-corrected chi connectivity index (χ0v) is 13.1. The summed E-state index contributed by atoms with van der Waals surface area (Å²) in [5.41, 5.74) is 0.738. The van der Waals surface area contributed by atoms with Crippen LogP contribution >= 0.6 is 46.6 Å². The normalized spacial score (nSPS) is 19.2. The smallest absolute Gasteiger partial charge is 0.161 e. The second-order valence-electron chi connectivity index (χ2n) is 4.43. The zero-order chi connectivity index (χ0) is 13.3. The van der Waals surface area contributed by atoms with Gasteiger partial charge in [-0.1, -0.05) is 60.4 Å². The van der Waals surface area contributed by atoms with Crippen LogP contribution in [0.4, 0.5) is 5.69 Å². The fourth-order valence-corrected chi connectivity index (χ4v) is 3.31. The molecule has 6 heteroatoms. The van der Waals surface area contributed by atoms with Crippen LogP contribution in [0.3, 0.4) is 0 Å². The summed E-state index contributed by atoms with van der Waals surface area (Å²) in [6, 6.07) is 3.71. The van der Waals surface area contributed by atoms with Crippen molar-refractivity contribution in [3.8, 4) is 0 Å². The molecule has 1 heterocycles. The molecule has 0 spiro atoms. The van der Waals surface area contributed by atoms with Gasteiger partial charge in [0, 0.05) is 5.75 Å². The highest BCUT2D eigenvalue weighted by molar-refractivity contribution is 8.14. The van der Waals surface area contributed by atoms with Gasteiger partial charge in [0.2, 0.25) is 0 Å². The molecule has 0 saturated carbocycles. The summed E-state index contributed by atoms with van der Waals surface area (Å²) < 4.78 is 0. The summed E-state index contributed by atoms with van der Waals surface area (Å²) in [4.78, 5) is 4.61. The predicted octanol–water partition coefficient (Wildman–Crippen LogP) is 5.19. The molecule has 0 aliphatic carbocycles. The second kappa shape index (κ2) is 5.91. The molecule has 0 unspecified atom stereocenters. The van der Waals surface area contributed by atoms with Gasteiger partial charge >= 0.3 is 0 Å². The third-order valence-corrected chi connectivity index (χ3v) is 4.72. The van der Waals surface area contributed by atoms with Crippen LogP contribution in [0.25, 0.3) is 0 Å². The zero-order valence-electron chi connectivity index (χ0n) is 10.0. The van der Waals surface area contributed by atoms with Gasteiger partial charge in [0.15, 0.2) is 5.17 Å². The summed E-state index contributed by atoms with van der Waals surface area (Å²) in [6.07, 6.45) is 0. The molecular weight excluding hydrogens is 311 g/mol. The standard InChI is InChI=1S/C12H13Cl3N2S/c1-6(2)11-5-18-12(17-11)16-10-4-8(14)7(13)3-9(10)15/h3-4,6,11H,5H2,1-2H3,(H,16,17)/t11-/m1/s1. The van der Waals surface area contributed by atoms with E-state index in [9.17, 15) is 0 Å². The number of thioether (sulfide) groups is 1. The minimum absolute atomic E-state index is 0.360. The average Bonchev–Trinajstić information content (AvgIpc) is 2.74. The molecule has 2 rings (SSSR count). The molecule has 1 atom stereocenters. The van der Waals surface area contributed by atoms with E-state index >= 15 is 0 Å². The largest absolute Gasteiger partial charge is 0.334 e. The van der Waals surface area contributed by atoms with Crippen molar-refractivity contribution in [3.05, 3.63) is 27.2 Å². The van der Waals surface area contributed by atoms with Gasteiger partial charge in [-0.3, -0.25) is 4.99 Å². The number of nitrogens with zero attached hydrogens (tertiary/aromatic N) is 1. The molecule has 0 radical (unpaired) electrons. The monoisotopic (exact) mass is 322 g/mol. The molecule has 18 heavy (non-hydrogen) atoms. The third kappa shape index (κ3) is 3.27. The summed E-state index contributed by atoms with van der Waals surface area (Å²) >= 11 is 19.7. The lowest BCUT2D eigenvalue weighted by atomic mass is 10.1. The SMILES string of the molecule is CC(C)[C@H]1CSC(Nc2cc(Cl)c(Cl)cc2Cl)=N1. The number of hydrogen-bond donors (Lipinski definition) is 1. The van der Waals surface area contributed by atoms with Gasteiger partial charge in [0.25, 0.3) is 0 Å².